The first-order valence-corrected chi connectivity index (χ1v) is 5.87. The van der Waals surface area contributed by atoms with E-state index in [4.69, 9.17) is 0 Å². The van der Waals surface area contributed by atoms with Crippen molar-refractivity contribution in [2.75, 3.05) is 13.1 Å². The van der Waals surface area contributed by atoms with Gasteiger partial charge in [0.25, 0.3) is 0 Å². The second-order valence-electron chi connectivity index (χ2n) is 4.44. The normalized spacial score (nSPS) is 11.3. The Morgan fingerprint density at radius 1 is 1.47 bits per heavy atom. The van der Waals surface area contributed by atoms with Crippen molar-refractivity contribution in [3.8, 4) is 0 Å². The van der Waals surface area contributed by atoms with Crippen LogP contribution in [0.15, 0.2) is 6.07 Å². The molecule has 0 amide bonds. The van der Waals surface area contributed by atoms with Crippen molar-refractivity contribution in [1.29, 1.82) is 0 Å². The average molecular weight is 209 g/mol. The molecule has 0 bridgehead atoms. The molecule has 86 valence electrons. The Kier molecular flexibility index (Phi) is 4.82. The molecule has 1 aromatic heterocycles. The van der Waals surface area contributed by atoms with E-state index in [1.165, 1.54) is 5.69 Å². The van der Waals surface area contributed by atoms with Crippen molar-refractivity contribution < 1.29 is 0 Å². The first-order chi connectivity index (χ1) is 7.13. The minimum Gasteiger partial charge on any atom is -0.316 e. The van der Waals surface area contributed by atoms with Crippen LogP contribution in [-0.2, 0) is 13.0 Å². The summed E-state index contributed by atoms with van der Waals surface area (Å²) in [5.74, 6) is 0.725. The lowest BCUT2D eigenvalue weighted by Crippen LogP contribution is -2.23. The minimum absolute atomic E-state index is 0.725. The molecule has 0 unspecified atom stereocenters. The van der Waals surface area contributed by atoms with Crippen molar-refractivity contribution in [2.24, 2.45) is 5.92 Å². The van der Waals surface area contributed by atoms with E-state index < -0.39 is 0 Å². The lowest BCUT2D eigenvalue weighted by atomic mass is 10.2. The Hall–Kier alpha value is -0.830. The van der Waals surface area contributed by atoms with E-state index in [-0.39, 0.29) is 0 Å². The van der Waals surface area contributed by atoms with E-state index in [0.717, 1.165) is 37.7 Å². The number of nitrogens with zero attached hydrogens (tertiary/aromatic N) is 2. The highest BCUT2D eigenvalue weighted by atomic mass is 15.3. The molecule has 0 spiro atoms. The number of rotatable bonds is 6. The topological polar surface area (TPSA) is 29.9 Å². The molecule has 0 saturated carbocycles. The molecule has 1 N–H and O–H groups in total. The second-order valence-corrected chi connectivity index (χ2v) is 4.44. The molecule has 0 aliphatic heterocycles. The Labute approximate surface area is 92.9 Å². The third-order valence-corrected chi connectivity index (χ3v) is 2.40. The lowest BCUT2D eigenvalue weighted by Gasteiger charge is -2.08. The molecular formula is C12H23N3. The van der Waals surface area contributed by atoms with Crippen molar-refractivity contribution >= 4 is 0 Å². The van der Waals surface area contributed by atoms with Gasteiger partial charge in [0.2, 0.25) is 0 Å². The highest BCUT2D eigenvalue weighted by Crippen LogP contribution is 2.04. The minimum atomic E-state index is 0.725. The highest BCUT2D eigenvalue weighted by molar-refractivity contribution is 5.09. The maximum absolute atomic E-state index is 4.43. The van der Waals surface area contributed by atoms with Crippen LogP contribution in [0, 0.1) is 12.8 Å². The van der Waals surface area contributed by atoms with Crippen LogP contribution in [0.2, 0.25) is 0 Å². The summed E-state index contributed by atoms with van der Waals surface area (Å²) in [6.07, 6.45) is 1.07. The van der Waals surface area contributed by atoms with Crippen molar-refractivity contribution in [3.63, 3.8) is 0 Å². The van der Waals surface area contributed by atoms with E-state index in [9.17, 15) is 0 Å². The molecule has 3 heteroatoms. The number of aryl methyl sites for hydroxylation is 2. The first-order valence-electron chi connectivity index (χ1n) is 5.87. The van der Waals surface area contributed by atoms with Crippen LogP contribution >= 0.6 is 0 Å². The van der Waals surface area contributed by atoms with Crippen molar-refractivity contribution in [2.45, 2.75) is 40.7 Å². The van der Waals surface area contributed by atoms with E-state index in [1.807, 2.05) is 0 Å². The fourth-order valence-corrected chi connectivity index (χ4v) is 1.68. The molecule has 0 aromatic carbocycles. The van der Waals surface area contributed by atoms with Gasteiger partial charge in [-0.25, -0.2) is 0 Å². The smallest absolute Gasteiger partial charge is 0.0596 e. The number of hydrogen-bond acceptors (Lipinski definition) is 2. The van der Waals surface area contributed by atoms with Gasteiger partial charge in [0.1, 0.15) is 0 Å². The van der Waals surface area contributed by atoms with Gasteiger partial charge in [-0.15, -0.1) is 0 Å². The fourth-order valence-electron chi connectivity index (χ4n) is 1.68. The van der Waals surface area contributed by atoms with Crippen molar-refractivity contribution in [1.82, 2.24) is 15.1 Å². The van der Waals surface area contributed by atoms with Crippen LogP contribution in [0.5, 0.6) is 0 Å². The standard InChI is InChI=1S/C12H23N3/c1-5-15-12(8-11(4)14-15)6-7-13-9-10(2)3/h8,10,13H,5-7,9H2,1-4H3. The fraction of sp³-hybridized carbons (Fsp3) is 0.750. The SMILES string of the molecule is CCn1nc(C)cc1CCNCC(C)C. The molecule has 1 aromatic rings. The summed E-state index contributed by atoms with van der Waals surface area (Å²) in [4.78, 5) is 0. The van der Waals surface area contributed by atoms with Gasteiger partial charge in [-0.3, -0.25) is 4.68 Å². The molecule has 15 heavy (non-hydrogen) atoms. The van der Waals surface area contributed by atoms with Crippen LogP contribution < -0.4 is 5.32 Å². The van der Waals surface area contributed by atoms with E-state index in [2.05, 4.69) is 48.9 Å². The molecule has 0 atom stereocenters. The number of hydrogen-bond donors (Lipinski definition) is 1. The van der Waals surface area contributed by atoms with Crippen LogP contribution in [0.1, 0.15) is 32.2 Å². The van der Waals surface area contributed by atoms with Gasteiger partial charge >= 0.3 is 0 Å². The summed E-state index contributed by atoms with van der Waals surface area (Å²) in [6, 6.07) is 2.18. The molecule has 1 heterocycles. The molecule has 0 saturated heterocycles. The van der Waals surface area contributed by atoms with Gasteiger partial charge in [0, 0.05) is 25.2 Å². The summed E-state index contributed by atoms with van der Waals surface area (Å²) >= 11 is 0. The average Bonchev–Trinajstić information content (AvgIpc) is 2.53. The van der Waals surface area contributed by atoms with Gasteiger partial charge in [0.05, 0.1) is 5.69 Å². The van der Waals surface area contributed by atoms with Gasteiger partial charge < -0.3 is 5.32 Å². The predicted molar refractivity (Wildman–Crippen MR) is 64.0 cm³/mol. The zero-order chi connectivity index (χ0) is 11.3. The van der Waals surface area contributed by atoms with Gasteiger partial charge in [-0.05, 0) is 32.4 Å². The second kappa shape index (κ2) is 5.91. The predicted octanol–water partition coefficient (Wildman–Crippen LogP) is 2.00. The summed E-state index contributed by atoms with van der Waals surface area (Å²) in [7, 11) is 0. The van der Waals surface area contributed by atoms with Crippen LogP contribution in [-0.4, -0.2) is 22.9 Å². The van der Waals surface area contributed by atoms with Crippen molar-refractivity contribution in [3.05, 3.63) is 17.5 Å². The Bertz CT molecular complexity index is 289. The summed E-state index contributed by atoms with van der Waals surface area (Å²) in [6.45, 7) is 11.8. The van der Waals surface area contributed by atoms with Gasteiger partial charge in [0.15, 0.2) is 0 Å². The van der Waals surface area contributed by atoms with Crippen LogP contribution in [0.25, 0.3) is 0 Å². The summed E-state index contributed by atoms with van der Waals surface area (Å²) in [5, 5.41) is 7.88. The molecule has 3 nitrogen and oxygen atoms in total. The lowest BCUT2D eigenvalue weighted by molar-refractivity contribution is 0.540. The highest BCUT2D eigenvalue weighted by Gasteiger charge is 2.03. The largest absolute Gasteiger partial charge is 0.316 e. The molecule has 0 aliphatic rings. The first kappa shape index (κ1) is 12.2. The number of aromatic nitrogens is 2. The van der Waals surface area contributed by atoms with Crippen LogP contribution in [0.3, 0.4) is 0 Å². The molecule has 0 radical (unpaired) electrons. The maximum atomic E-state index is 4.43. The third-order valence-electron chi connectivity index (χ3n) is 2.40. The Morgan fingerprint density at radius 3 is 2.80 bits per heavy atom. The van der Waals surface area contributed by atoms with E-state index >= 15 is 0 Å². The summed E-state index contributed by atoms with van der Waals surface area (Å²) < 4.78 is 2.09. The maximum Gasteiger partial charge on any atom is 0.0596 e. The zero-order valence-electron chi connectivity index (χ0n) is 10.4. The Balaban J connectivity index is 2.36. The van der Waals surface area contributed by atoms with E-state index in [1.54, 1.807) is 0 Å². The Morgan fingerprint density at radius 2 is 2.20 bits per heavy atom. The molecular weight excluding hydrogens is 186 g/mol. The van der Waals surface area contributed by atoms with Gasteiger partial charge in [-0.2, -0.15) is 5.10 Å². The van der Waals surface area contributed by atoms with Gasteiger partial charge in [-0.1, -0.05) is 13.8 Å². The molecule has 0 fully saturated rings. The quantitative estimate of drug-likeness (QED) is 0.726. The molecule has 1 rings (SSSR count). The van der Waals surface area contributed by atoms with E-state index in [0.29, 0.717) is 0 Å². The third kappa shape index (κ3) is 4.04. The van der Waals surface area contributed by atoms with Crippen LogP contribution in [0.4, 0.5) is 0 Å². The number of nitrogens with one attached hydrogen (secondary N) is 1. The monoisotopic (exact) mass is 209 g/mol. The summed E-state index contributed by atoms with van der Waals surface area (Å²) in [5.41, 5.74) is 2.46. The molecule has 0 aliphatic carbocycles. The zero-order valence-corrected chi connectivity index (χ0v) is 10.4.